The van der Waals surface area contributed by atoms with Gasteiger partial charge in [-0.3, -0.25) is 4.90 Å². The largest absolute Gasteiger partial charge is 0.381 e. The minimum atomic E-state index is 0.571. The van der Waals surface area contributed by atoms with Gasteiger partial charge in [0.1, 0.15) is 0 Å². The summed E-state index contributed by atoms with van der Waals surface area (Å²) in [5.74, 6) is 0.740. The number of nitrogens with zero attached hydrogens (tertiary/aromatic N) is 1. The molecule has 0 saturated carbocycles. The molecule has 1 aromatic carbocycles. The van der Waals surface area contributed by atoms with Gasteiger partial charge in [-0.2, -0.15) is 0 Å². The van der Waals surface area contributed by atoms with Gasteiger partial charge < -0.3 is 10.1 Å². The normalized spacial score (nSPS) is 23.1. The summed E-state index contributed by atoms with van der Waals surface area (Å²) < 4.78 is 5.58. The SMILES string of the molecule is CCc1ccc([C@H](C2CCOCC2)N2CCNCC2)cc1. The van der Waals surface area contributed by atoms with Crippen molar-refractivity contribution in [3.63, 3.8) is 0 Å². The molecule has 3 rings (SSSR count). The lowest BCUT2D eigenvalue weighted by Gasteiger charge is -2.41. The van der Waals surface area contributed by atoms with Crippen LogP contribution in [-0.4, -0.2) is 44.3 Å². The molecule has 21 heavy (non-hydrogen) atoms. The van der Waals surface area contributed by atoms with Gasteiger partial charge in [0, 0.05) is 45.4 Å². The molecule has 3 nitrogen and oxygen atoms in total. The molecule has 116 valence electrons. The van der Waals surface area contributed by atoms with Crippen molar-refractivity contribution in [1.82, 2.24) is 10.2 Å². The van der Waals surface area contributed by atoms with E-state index in [1.807, 2.05) is 0 Å². The molecule has 0 amide bonds. The smallest absolute Gasteiger partial charge is 0.0469 e. The summed E-state index contributed by atoms with van der Waals surface area (Å²) >= 11 is 0. The van der Waals surface area contributed by atoms with Crippen molar-refractivity contribution < 1.29 is 4.74 Å². The lowest BCUT2D eigenvalue weighted by Crippen LogP contribution is -2.47. The van der Waals surface area contributed by atoms with Crippen LogP contribution in [0.5, 0.6) is 0 Å². The standard InChI is InChI=1S/C18H28N2O/c1-2-15-3-5-16(6-4-15)18(17-7-13-21-14-8-17)20-11-9-19-10-12-20/h3-6,17-19H,2,7-14H2,1H3/t18-/m1/s1. The fraction of sp³-hybridized carbons (Fsp3) is 0.667. The Morgan fingerprint density at radius 2 is 1.81 bits per heavy atom. The summed E-state index contributed by atoms with van der Waals surface area (Å²) in [6, 6.07) is 9.91. The Balaban J connectivity index is 1.82. The number of hydrogen-bond donors (Lipinski definition) is 1. The Labute approximate surface area is 128 Å². The molecule has 2 saturated heterocycles. The number of benzene rings is 1. The third-order valence-corrected chi connectivity index (χ3v) is 4.99. The van der Waals surface area contributed by atoms with E-state index in [4.69, 9.17) is 4.74 Å². The van der Waals surface area contributed by atoms with E-state index < -0.39 is 0 Å². The molecule has 1 N–H and O–H groups in total. The monoisotopic (exact) mass is 288 g/mol. The minimum absolute atomic E-state index is 0.571. The van der Waals surface area contributed by atoms with Gasteiger partial charge in [0.25, 0.3) is 0 Å². The van der Waals surface area contributed by atoms with E-state index in [-0.39, 0.29) is 0 Å². The Kier molecular flexibility index (Phi) is 5.28. The first-order valence-electron chi connectivity index (χ1n) is 8.50. The van der Waals surface area contributed by atoms with E-state index in [0.717, 1.165) is 51.7 Å². The molecule has 0 bridgehead atoms. The maximum absolute atomic E-state index is 5.58. The fourth-order valence-electron chi connectivity index (χ4n) is 3.72. The van der Waals surface area contributed by atoms with Crippen molar-refractivity contribution in [2.75, 3.05) is 39.4 Å². The van der Waals surface area contributed by atoms with E-state index in [1.165, 1.54) is 24.0 Å². The Morgan fingerprint density at radius 1 is 1.14 bits per heavy atom. The van der Waals surface area contributed by atoms with Gasteiger partial charge in [0.05, 0.1) is 0 Å². The summed E-state index contributed by atoms with van der Waals surface area (Å²) in [6.45, 7) is 8.65. The van der Waals surface area contributed by atoms with E-state index >= 15 is 0 Å². The van der Waals surface area contributed by atoms with Gasteiger partial charge in [-0.25, -0.2) is 0 Å². The van der Waals surface area contributed by atoms with Crippen LogP contribution in [0.1, 0.15) is 36.9 Å². The topological polar surface area (TPSA) is 24.5 Å². The molecule has 0 aliphatic carbocycles. The number of hydrogen-bond acceptors (Lipinski definition) is 3. The minimum Gasteiger partial charge on any atom is -0.381 e. The molecule has 2 fully saturated rings. The number of ether oxygens (including phenoxy) is 1. The Hall–Kier alpha value is -0.900. The average molecular weight is 288 g/mol. The first-order valence-corrected chi connectivity index (χ1v) is 8.50. The highest BCUT2D eigenvalue weighted by Crippen LogP contribution is 2.35. The van der Waals surface area contributed by atoms with Crippen LogP contribution in [0.25, 0.3) is 0 Å². The van der Waals surface area contributed by atoms with Crippen molar-refractivity contribution in [2.24, 2.45) is 5.92 Å². The van der Waals surface area contributed by atoms with Crippen molar-refractivity contribution in [3.05, 3.63) is 35.4 Å². The molecule has 0 unspecified atom stereocenters. The van der Waals surface area contributed by atoms with Gasteiger partial charge >= 0.3 is 0 Å². The van der Waals surface area contributed by atoms with Crippen LogP contribution < -0.4 is 5.32 Å². The zero-order valence-electron chi connectivity index (χ0n) is 13.2. The lowest BCUT2D eigenvalue weighted by molar-refractivity contribution is 0.0213. The molecule has 3 heteroatoms. The van der Waals surface area contributed by atoms with Gasteiger partial charge in [0.2, 0.25) is 0 Å². The third kappa shape index (κ3) is 3.65. The first-order chi connectivity index (χ1) is 10.4. The van der Waals surface area contributed by atoms with Gasteiger partial charge in [-0.1, -0.05) is 31.2 Å². The second-order valence-electron chi connectivity index (χ2n) is 6.28. The predicted molar refractivity (Wildman–Crippen MR) is 86.5 cm³/mol. The van der Waals surface area contributed by atoms with Crippen molar-refractivity contribution in [2.45, 2.75) is 32.2 Å². The van der Waals surface area contributed by atoms with Gasteiger partial charge in [-0.05, 0) is 36.3 Å². The van der Waals surface area contributed by atoms with E-state index in [0.29, 0.717) is 6.04 Å². The molecular formula is C18H28N2O. The quantitative estimate of drug-likeness (QED) is 0.922. The van der Waals surface area contributed by atoms with Gasteiger partial charge in [-0.15, -0.1) is 0 Å². The van der Waals surface area contributed by atoms with Crippen molar-refractivity contribution in [1.29, 1.82) is 0 Å². The van der Waals surface area contributed by atoms with Gasteiger partial charge in [0.15, 0.2) is 0 Å². The van der Waals surface area contributed by atoms with Crippen molar-refractivity contribution in [3.8, 4) is 0 Å². The van der Waals surface area contributed by atoms with E-state index in [9.17, 15) is 0 Å². The first kappa shape index (κ1) is 15.0. The van der Waals surface area contributed by atoms with Crippen molar-refractivity contribution >= 4 is 0 Å². The predicted octanol–water partition coefficient (Wildman–Crippen LogP) is 2.62. The highest BCUT2D eigenvalue weighted by molar-refractivity contribution is 5.26. The number of aryl methyl sites for hydroxylation is 1. The number of nitrogens with one attached hydrogen (secondary N) is 1. The van der Waals surface area contributed by atoms with Crippen LogP contribution in [0.2, 0.25) is 0 Å². The molecule has 0 aromatic heterocycles. The lowest BCUT2D eigenvalue weighted by atomic mass is 9.85. The summed E-state index contributed by atoms with van der Waals surface area (Å²) in [5, 5.41) is 3.48. The molecule has 2 aliphatic rings. The molecule has 1 atom stereocenters. The van der Waals surface area contributed by atoms with Crippen LogP contribution in [0.4, 0.5) is 0 Å². The summed E-state index contributed by atoms with van der Waals surface area (Å²) in [5.41, 5.74) is 2.94. The second kappa shape index (κ2) is 7.39. The third-order valence-electron chi connectivity index (χ3n) is 4.99. The summed E-state index contributed by atoms with van der Waals surface area (Å²) in [6.07, 6.45) is 3.52. The maximum atomic E-state index is 5.58. The number of rotatable bonds is 4. The molecule has 2 heterocycles. The van der Waals surface area contributed by atoms with E-state index in [1.54, 1.807) is 0 Å². The van der Waals surface area contributed by atoms with Crippen LogP contribution in [0.3, 0.4) is 0 Å². The fourth-order valence-corrected chi connectivity index (χ4v) is 3.72. The summed E-state index contributed by atoms with van der Waals surface area (Å²) in [4.78, 5) is 2.69. The average Bonchev–Trinajstić information content (AvgIpc) is 2.58. The highest BCUT2D eigenvalue weighted by atomic mass is 16.5. The zero-order valence-corrected chi connectivity index (χ0v) is 13.2. The summed E-state index contributed by atoms with van der Waals surface area (Å²) in [7, 11) is 0. The Bertz CT molecular complexity index is 401. The molecule has 0 radical (unpaired) electrons. The van der Waals surface area contributed by atoms with Crippen LogP contribution in [0, 0.1) is 5.92 Å². The van der Waals surface area contributed by atoms with Crippen LogP contribution in [0.15, 0.2) is 24.3 Å². The highest BCUT2D eigenvalue weighted by Gasteiger charge is 2.31. The maximum Gasteiger partial charge on any atom is 0.0469 e. The van der Waals surface area contributed by atoms with Crippen LogP contribution >= 0.6 is 0 Å². The number of piperazine rings is 1. The molecule has 2 aliphatic heterocycles. The van der Waals surface area contributed by atoms with Crippen LogP contribution in [-0.2, 0) is 11.2 Å². The Morgan fingerprint density at radius 3 is 2.43 bits per heavy atom. The zero-order chi connectivity index (χ0) is 14.5. The van der Waals surface area contributed by atoms with E-state index in [2.05, 4.69) is 41.4 Å². The molecule has 1 aromatic rings. The molecular weight excluding hydrogens is 260 g/mol. The molecule has 0 spiro atoms. The second-order valence-corrected chi connectivity index (χ2v) is 6.28.